The van der Waals surface area contributed by atoms with Crippen LogP contribution in [0.3, 0.4) is 0 Å². The molecule has 2 amide bonds. The Hall–Kier alpha value is -1.84. The van der Waals surface area contributed by atoms with Crippen LogP contribution in [0.2, 0.25) is 0 Å². The Labute approximate surface area is 132 Å². The number of nitrogens with one attached hydrogen (secondary N) is 2. The van der Waals surface area contributed by atoms with E-state index < -0.39 is 0 Å². The van der Waals surface area contributed by atoms with Crippen LogP contribution in [0.1, 0.15) is 50.2 Å². The molecular formula is C18H26N2O2. The highest BCUT2D eigenvalue weighted by molar-refractivity contribution is 5.85. The third-order valence-corrected chi connectivity index (χ3v) is 4.10. The third kappa shape index (κ3) is 5.17. The molecule has 2 N–H and O–H groups in total. The van der Waals surface area contributed by atoms with Gasteiger partial charge in [0.25, 0.3) is 0 Å². The summed E-state index contributed by atoms with van der Waals surface area (Å²) in [7, 11) is 0. The van der Waals surface area contributed by atoms with Gasteiger partial charge in [0.05, 0.1) is 6.54 Å². The van der Waals surface area contributed by atoms with Crippen molar-refractivity contribution >= 4 is 11.8 Å². The van der Waals surface area contributed by atoms with Gasteiger partial charge in [-0.2, -0.15) is 0 Å². The van der Waals surface area contributed by atoms with Crippen molar-refractivity contribution in [3.05, 3.63) is 35.4 Å². The molecule has 0 heterocycles. The van der Waals surface area contributed by atoms with E-state index in [4.69, 9.17) is 0 Å². The largest absolute Gasteiger partial charge is 0.352 e. The van der Waals surface area contributed by atoms with Crippen LogP contribution in [-0.2, 0) is 9.59 Å². The zero-order chi connectivity index (χ0) is 16.1. The Balaban J connectivity index is 1.85. The molecule has 120 valence electrons. The van der Waals surface area contributed by atoms with E-state index in [1.165, 1.54) is 11.1 Å². The maximum absolute atomic E-state index is 12.1. The second-order valence-electron chi connectivity index (χ2n) is 6.58. The van der Waals surface area contributed by atoms with Gasteiger partial charge in [0.2, 0.25) is 11.8 Å². The number of carbonyl (C=O) groups excluding carboxylic acids is 2. The van der Waals surface area contributed by atoms with Crippen molar-refractivity contribution in [2.75, 3.05) is 6.54 Å². The maximum Gasteiger partial charge on any atom is 0.239 e. The Bertz CT molecular complexity index is 518. The number of rotatable bonds is 7. The fourth-order valence-corrected chi connectivity index (χ4v) is 2.51. The van der Waals surface area contributed by atoms with Crippen LogP contribution >= 0.6 is 0 Å². The average Bonchev–Trinajstić information content (AvgIpc) is 3.27. The Morgan fingerprint density at radius 1 is 1.14 bits per heavy atom. The average molecular weight is 302 g/mol. The lowest BCUT2D eigenvalue weighted by Crippen LogP contribution is -2.38. The van der Waals surface area contributed by atoms with Gasteiger partial charge in [-0.05, 0) is 37.2 Å². The van der Waals surface area contributed by atoms with Gasteiger partial charge in [-0.15, -0.1) is 0 Å². The summed E-state index contributed by atoms with van der Waals surface area (Å²) in [5.41, 5.74) is 2.39. The SMILES string of the molecule is Cc1ccc(C(CC(=O)NCC(=O)NC2CC2)C(C)C)cc1. The highest BCUT2D eigenvalue weighted by Gasteiger charge is 2.24. The van der Waals surface area contributed by atoms with Crippen LogP contribution in [0.15, 0.2) is 24.3 Å². The molecule has 0 saturated heterocycles. The van der Waals surface area contributed by atoms with Crippen LogP contribution in [0.4, 0.5) is 0 Å². The minimum atomic E-state index is -0.0905. The van der Waals surface area contributed by atoms with Gasteiger partial charge < -0.3 is 10.6 Å². The quantitative estimate of drug-likeness (QED) is 0.813. The molecule has 4 heteroatoms. The van der Waals surface area contributed by atoms with E-state index >= 15 is 0 Å². The van der Waals surface area contributed by atoms with E-state index in [1.807, 2.05) is 0 Å². The number of benzene rings is 1. The van der Waals surface area contributed by atoms with E-state index in [0.717, 1.165) is 12.8 Å². The Morgan fingerprint density at radius 3 is 2.32 bits per heavy atom. The normalized spacial score (nSPS) is 15.5. The molecule has 4 nitrogen and oxygen atoms in total. The summed E-state index contributed by atoms with van der Waals surface area (Å²) < 4.78 is 0. The summed E-state index contributed by atoms with van der Waals surface area (Å²) >= 11 is 0. The Morgan fingerprint density at radius 2 is 1.77 bits per heavy atom. The van der Waals surface area contributed by atoms with Gasteiger partial charge in [-0.3, -0.25) is 9.59 Å². The van der Waals surface area contributed by atoms with Crippen molar-refractivity contribution in [1.82, 2.24) is 10.6 Å². The molecule has 0 aliphatic heterocycles. The van der Waals surface area contributed by atoms with Crippen LogP contribution < -0.4 is 10.6 Å². The molecule has 0 aromatic heterocycles. The summed E-state index contributed by atoms with van der Waals surface area (Å²) in [5, 5.41) is 5.60. The molecule has 1 aliphatic rings. The first-order valence-electron chi connectivity index (χ1n) is 8.08. The van der Waals surface area contributed by atoms with Crippen molar-refractivity contribution in [3.8, 4) is 0 Å². The molecule has 0 radical (unpaired) electrons. The second kappa shape index (κ2) is 7.43. The topological polar surface area (TPSA) is 58.2 Å². The van der Waals surface area contributed by atoms with E-state index in [-0.39, 0.29) is 24.3 Å². The van der Waals surface area contributed by atoms with Gasteiger partial charge in [0.1, 0.15) is 0 Å². The number of aryl methyl sites for hydroxylation is 1. The monoisotopic (exact) mass is 302 g/mol. The lowest BCUT2D eigenvalue weighted by atomic mass is 9.85. The van der Waals surface area contributed by atoms with Gasteiger partial charge in [0, 0.05) is 12.5 Å². The molecule has 1 fully saturated rings. The van der Waals surface area contributed by atoms with Crippen LogP contribution in [0, 0.1) is 12.8 Å². The second-order valence-corrected chi connectivity index (χ2v) is 6.58. The molecule has 1 aliphatic carbocycles. The van der Waals surface area contributed by atoms with E-state index in [0.29, 0.717) is 18.4 Å². The predicted octanol–water partition coefficient (Wildman–Crippen LogP) is 2.52. The van der Waals surface area contributed by atoms with Gasteiger partial charge in [0.15, 0.2) is 0 Å². The van der Waals surface area contributed by atoms with E-state index in [9.17, 15) is 9.59 Å². The molecule has 22 heavy (non-hydrogen) atoms. The summed E-state index contributed by atoms with van der Waals surface area (Å²) in [6.45, 7) is 6.38. The molecule has 1 atom stereocenters. The van der Waals surface area contributed by atoms with Crippen molar-refractivity contribution in [2.45, 2.75) is 52.0 Å². The first-order valence-corrected chi connectivity index (χ1v) is 8.08. The standard InChI is InChI=1S/C18H26N2O2/c1-12(2)16(14-6-4-13(3)5-7-14)10-17(21)19-11-18(22)20-15-8-9-15/h4-7,12,15-16H,8-11H2,1-3H3,(H,19,21)(H,20,22). The summed E-state index contributed by atoms with van der Waals surface area (Å²) in [6, 6.07) is 8.66. The van der Waals surface area contributed by atoms with Crippen molar-refractivity contribution < 1.29 is 9.59 Å². The first kappa shape index (κ1) is 16.5. The first-order chi connectivity index (χ1) is 10.5. The molecule has 1 saturated carbocycles. The van der Waals surface area contributed by atoms with E-state index in [1.54, 1.807) is 0 Å². The summed E-state index contributed by atoms with van der Waals surface area (Å²) in [4.78, 5) is 23.7. The summed E-state index contributed by atoms with van der Waals surface area (Å²) in [6.07, 6.45) is 2.53. The van der Waals surface area contributed by atoms with E-state index in [2.05, 4.69) is 55.7 Å². The Kier molecular flexibility index (Phi) is 5.58. The van der Waals surface area contributed by atoms with Crippen LogP contribution in [0.5, 0.6) is 0 Å². The highest BCUT2D eigenvalue weighted by Crippen LogP contribution is 2.28. The minimum Gasteiger partial charge on any atom is -0.352 e. The van der Waals surface area contributed by atoms with Crippen LogP contribution in [0.25, 0.3) is 0 Å². The molecule has 0 bridgehead atoms. The molecule has 1 unspecified atom stereocenters. The highest BCUT2D eigenvalue weighted by atomic mass is 16.2. The molecule has 0 spiro atoms. The molecule has 2 rings (SSSR count). The maximum atomic E-state index is 12.1. The number of hydrogen-bond acceptors (Lipinski definition) is 2. The number of amides is 2. The zero-order valence-corrected chi connectivity index (χ0v) is 13.7. The predicted molar refractivity (Wildman–Crippen MR) is 87.5 cm³/mol. The lowest BCUT2D eigenvalue weighted by Gasteiger charge is -2.21. The fraction of sp³-hybridized carbons (Fsp3) is 0.556. The van der Waals surface area contributed by atoms with Gasteiger partial charge >= 0.3 is 0 Å². The van der Waals surface area contributed by atoms with Gasteiger partial charge in [-0.1, -0.05) is 43.7 Å². The van der Waals surface area contributed by atoms with Gasteiger partial charge in [-0.25, -0.2) is 0 Å². The molecule has 1 aromatic rings. The zero-order valence-electron chi connectivity index (χ0n) is 13.7. The fourth-order valence-electron chi connectivity index (χ4n) is 2.51. The summed E-state index contributed by atoms with van der Waals surface area (Å²) in [5.74, 6) is 0.387. The molecular weight excluding hydrogens is 276 g/mol. The molecule has 1 aromatic carbocycles. The van der Waals surface area contributed by atoms with Crippen LogP contribution in [-0.4, -0.2) is 24.4 Å². The number of hydrogen-bond donors (Lipinski definition) is 2. The van der Waals surface area contributed by atoms with Crippen molar-refractivity contribution in [2.24, 2.45) is 5.92 Å². The minimum absolute atomic E-state index is 0.0646. The van der Waals surface area contributed by atoms with Crippen molar-refractivity contribution in [3.63, 3.8) is 0 Å². The lowest BCUT2D eigenvalue weighted by molar-refractivity contribution is -0.126. The smallest absolute Gasteiger partial charge is 0.239 e. The van der Waals surface area contributed by atoms with Crippen molar-refractivity contribution in [1.29, 1.82) is 0 Å². The number of carbonyl (C=O) groups is 2. The third-order valence-electron chi connectivity index (χ3n) is 4.10.